The monoisotopic (exact) mass is 364 g/mol. The summed E-state index contributed by atoms with van der Waals surface area (Å²) < 4.78 is 7.79. The van der Waals surface area contributed by atoms with E-state index in [0.717, 1.165) is 55.8 Å². The number of carbonyl (C=O) groups excluding carboxylic acids is 1. The first-order chi connectivity index (χ1) is 13.2. The molecule has 0 atom stereocenters. The van der Waals surface area contributed by atoms with Crippen molar-refractivity contribution in [2.24, 2.45) is 0 Å². The van der Waals surface area contributed by atoms with Crippen molar-refractivity contribution in [1.82, 2.24) is 19.7 Å². The van der Waals surface area contributed by atoms with E-state index in [1.807, 2.05) is 11.1 Å². The van der Waals surface area contributed by atoms with Crippen molar-refractivity contribution in [3.8, 4) is 11.3 Å². The Hall–Kier alpha value is -2.60. The van der Waals surface area contributed by atoms with E-state index in [1.54, 1.807) is 6.92 Å². The third-order valence-corrected chi connectivity index (χ3v) is 5.90. The topological polar surface area (TPSA) is 63.2 Å². The largest absolute Gasteiger partial charge is 0.381 e. The maximum atomic E-state index is 12.0. The Morgan fingerprint density at radius 1 is 1.26 bits per heavy atom. The molecule has 4 heterocycles. The first kappa shape index (κ1) is 16.6. The van der Waals surface area contributed by atoms with Gasteiger partial charge in [0.05, 0.1) is 11.7 Å². The van der Waals surface area contributed by atoms with E-state index in [-0.39, 0.29) is 5.91 Å². The number of amides is 1. The molecule has 2 aliphatic rings. The summed E-state index contributed by atoms with van der Waals surface area (Å²) in [5, 5.41) is 6.28. The highest BCUT2D eigenvalue weighted by Crippen LogP contribution is 2.35. The first-order valence-corrected chi connectivity index (χ1v) is 9.72. The lowest BCUT2D eigenvalue weighted by Gasteiger charge is -2.29. The lowest BCUT2D eigenvalue weighted by molar-refractivity contribution is -0.129. The number of aromatic nitrogens is 3. The van der Waals surface area contributed by atoms with Crippen LogP contribution < -0.4 is 0 Å². The molecule has 2 aliphatic heterocycles. The molecule has 1 aromatic carbocycles. The predicted molar refractivity (Wildman–Crippen MR) is 103 cm³/mol. The van der Waals surface area contributed by atoms with Gasteiger partial charge in [-0.3, -0.25) is 9.48 Å². The van der Waals surface area contributed by atoms with Crippen molar-refractivity contribution >= 4 is 16.8 Å². The van der Waals surface area contributed by atoms with Gasteiger partial charge in [0, 0.05) is 68.2 Å². The van der Waals surface area contributed by atoms with Crippen LogP contribution in [0, 0.1) is 0 Å². The van der Waals surface area contributed by atoms with Gasteiger partial charge in [0.2, 0.25) is 5.91 Å². The van der Waals surface area contributed by atoms with Crippen molar-refractivity contribution in [3.63, 3.8) is 0 Å². The third kappa shape index (κ3) is 2.84. The van der Waals surface area contributed by atoms with Gasteiger partial charge >= 0.3 is 0 Å². The molecule has 0 unspecified atom stereocenters. The van der Waals surface area contributed by atoms with Crippen molar-refractivity contribution < 1.29 is 9.53 Å². The molecule has 1 N–H and O–H groups in total. The Bertz CT molecular complexity index is 997. The van der Waals surface area contributed by atoms with E-state index in [0.29, 0.717) is 12.6 Å². The molecule has 6 heteroatoms. The van der Waals surface area contributed by atoms with Crippen molar-refractivity contribution in [3.05, 3.63) is 41.7 Å². The van der Waals surface area contributed by atoms with E-state index < -0.39 is 0 Å². The summed E-state index contributed by atoms with van der Waals surface area (Å²) >= 11 is 0. The molecule has 6 nitrogen and oxygen atoms in total. The normalized spacial score (nSPS) is 18.0. The van der Waals surface area contributed by atoms with Gasteiger partial charge in [-0.25, -0.2) is 0 Å². The molecule has 1 amide bonds. The van der Waals surface area contributed by atoms with Gasteiger partial charge in [0.15, 0.2) is 0 Å². The van der Waals surface area contributed by atoms with Crippen molar-refractivity contribution in [1.29, 1.82) is 0 Å². The van der Waals surface area contributed by atoms with Gasteiger partial charge < -0.3 is 14.6 Å². The molecule has 0 aliphatic carbocycles. The van der Waals surface area contributed by atoms with Gasteiger partial charge in [0.25, 0.3) is 0 Å². The van der Waals surface area contributed by atoms with Crippen LogP contribution in [0.15, 0.2) is 30.5 Å². The van der Waals surface area contributed by atoms with Crippen LogP contribution in [0.3, 0.4) is 0 Å². The average molecular weight is 364 g/mol. The Morgan fingerprint density at radius 2 is 2.11 bits per heavy atom. The van der Waals surface area contributed by atoms with Crippen LogP contribution >= 0.6 is 0 Å². The number of H-pyrrole nitrogens is 1. The molecule has 3 aromatic rings. The number of rotatable bonds is 2. The summed E-state index contributed by atoms with van der Waals surface area (Å²) in [4.78, 5) is 17.2. The number of benzene rings is 1. The quantitative estimate of drug-likeness (QED) is 0.759. The standard InChI is InChI=1S/C21H24N4O2/c1-14(26)24-9-5-20-18(13-24)21(23-25(20)17-6-10-27-11-7-17)16-3-2-15-4-8-22-19(15)12-16/h2-4,8,12,17,22H,5-7,9-11,13H2,1H3. The smallest absolute Gasteiger partial charge is 0.219 e. The second-order valence-electron chi connectivity index (χ2n) is 7.53. The fourth-order valence-electron chi connectivity index (χ4n) is 4.37. The molecule has 140 valence electrons. The summed E-state index contributed by atoms with van der Waals surface area (Å²) in [6, 6.07) is 8.90. The Kier molecular flexibility index (Phi) is 4.01. The number of nitrogens with one attached hydrogen (secondary N) is 1. The number of fused-ring (bicyclic) bond motifs is 2. The summed E-state index contributed by atoms with van der Waals surface area (Å²) in [6.45, 7) is 4.65. The zero-order valence-corrected chi connectivity index (χ0v) is 15.6. The van der Waals surface area contributed by atoms with Crippen LogP contribution in [0.1, 0.15) is 37.1 Å². The highest BCUT2D eigenvalue weighted by Gasteiger charge is 2.30. The molecule has 0 spiro atoms. The number of nitrogens with zero attached hydrogens (tertiary/aromatic N) is 3. The molecule has 0 radical (unpaired) electrons. The fraction of sp³-hybridized carbons (Fsp3) is 0.429. The molecule has 27 heavy (non-hydrogen) atoms. The lowest BCUT2D eigenvalue weighted by Crippen LogP contribution is -2.35. The maximum absolute atomic E-state index is 12.0. The van der Waals surface area contributed by atoms with Gasteiger partial charge in [0.1, 0.15) is 0 Å². The minimum atomic E-state index is 0.130. The van der Waals surface area contributed by atoms with Crippen molar-refractivity contribution in [2.45, 2.75) is 38.8 Å². The SMILES string of the molecule is CC(=O)N1CCc2c(c(-c3ccc4cc[nH]c4c3)nn2C2CCOCC2)C1. The molecule has 0 bridgehead atoms. The van der Waals surface area contributed by atoms with Crippen LogP contribution in [0.25, 0.3) is 22.2 Å². The highest BCUT2D eigenvalue weighted by molar-refractivity contribution is 5.85. The maximum Gasteiger partial charge on any atom is 0.219 e. The number of hydrogen-bond acceptors (Lipinski definition) is 3. The Balaban J connectivity index is 1.62. The molecular weight excluding hydrogens is 340 g/mol. The van der Waals surface area contributed by atoms with Gasteiger partial charge in [-0.2, -0.15) is 5.10 Å². The lowest BCUT2D eigenvalue weighted by atomic mass is 9.99. The molecule has 1 fully saturated rings. The number of hydrogen-bond donors (Lipinski definition) is 1. The zero-order chi connectivity index (χ0) is 18.4. The number of aromatic amines is 1. The number of carbonyl (C=O) groups is 1. The van der Waals surface area contributed by atoms with Gasteiger partial charge in [-0.1, -0.05) is 12.1 Å². The fourth-order valence-corrected chi connectivity index (χ4v) is 4.37. The van der Waals surface area contributed by atoms with Gasteiger partial charge in [-0.15, -0.1) is 0 Å². The van der Waals surface area contributed by atoms with E-state index in [9.17, 15) is 4.79 Å². The van der Waals surface area contributed by atoms with E-state index >= 15 is 0 Å². The summed E-state index contributed by atoms with van der Waals surface area (Å²) in [6.07, 6.45) is 4.82. The summed E-state index contributed by atoms with van der Waals surface area (Å²) in [5.41, 5.74) is 5.73. The molecule has 1 saturated heterocycles. The van der Waals surface area contributed by atoms with Crippen LogP contribution in [-0.2, 0) is 22.5 Å². The number of ether oxygens (including phenoxy) is 1. The molecular formula is C21H24N4O2. The summed E-state index contributed by atoms with van der Waals surface area (Å²) in [7, 11) is 0. The minimum Gasteiger partial charge on any atom is -0.381 e. The second kappa shape index (κ2) is 6.53. The predicted octanol–water partition coefficient (Wildman–Crippen LogP) is 3.29. The minimum absolute atomic E-state index is 0.130. The Labute approximate surface area is 158 Å². The second-order valence-corrected chi connectivity index (χ2v) is 7.53. The van der Waals surface area contributed by atoms with Crippen molar-refractivity contribution in [2.75, 3.05) is 19.8 Å². The van der Waals surface area contributed by atoms with Crippen LogP contribution in [0.2, 0.25) is 0 Å². The molecule has 0 saturated carbocycles. The average Bonchev–Trinajstić information content (AvgIpc) is 3.32. The van der Waals surface area contributed by atoms with Gasteiger partial charge in [-0.05, 0) is 30.4 Å². The van der Waals surface area contributed by atoms with E-state index in [2.05, 4.69) is 33.9 Å². The van der Waals surface area contributed by atoms with Crippen LogP contribution in [0.4, 0.5) is 0 Å². The van der Waals surface area contributed by atoms with E-state index in [1.165, 1.54) is 16.6 Å². The summed E-state index contributed by atoms with van der Waals surface area (Å²) in [5.74, 6) is 0.130. The zero-order valence-electron chi connectivity index (χ0n) is 15.6. The highest BCUT2D eigenvalue weighted by atomic mass is 16.5. The van der Waals surface area contributed by atoms with Crippen LogP contribution in [-0.4, -0.2) is 45.3 Å². The first-order valence-electron chi connectivity index (χ1n) is 9.72. The molecule has 5 rings (SSSR count). The Morgan fingerprint density at radius 3 is 2.93 bits per heavy atom. The van der Waals surface area contributed by atoms with Crippen LogP contribution in [0.5, 0.6) is 0 Å². The third-order valence-electron chi connectivity index (χ3n) is 5.90. The van der Waals surface area contributed by atoms with E-state index in [4.69, 9.17) is 9.84 Å². The molecule has 2 aromatic heterocycles.